The molecule has 4 heteroatoms. The number of rotatable bonds is 5. The van der Waals surface area contributed by atoms with Gasteiger partial charge < -0.3 is 14.9 Å². The maximum absolute atomic E-state index is 11.3. The lowest BCUT2D eigenvalue weighted by Gasteiger charge is -2.33. The topological polar surface area (TPSA) is 66.8 Å². The van der Waals surface area contributed by atoms with Crippen LogP contribution in [0.25, 0.3) is 0 Å². The van der Waals surface area contributed by atoms with E-state index in [-0.39, 0.29) is 12.5 Å². The predicted molar refractivity (Wildman–Crippen MR) is 53.5 cm³/mol. The van der Waals surface area contributed by atoms with Gasteiger partial charge in [-0.15, -0.1) is 0 Å². The molecule has 2 aliphatic carbocycles. The van der Waals surface area contributed by atoms with Crippen molar-refractivity contribution in [3.05, 3.63) is 0 Å². The van der Waals surface area contributed by atoms with E-state index in [0.29, 0.717) is 25.4 Å². The Hall–Kier alpha value is -0.610. The fourth-order valence-electron chi connectivity index (χ4n) is 3.10. The number of hydrogen-bond acceptors (Lipinski definition) is 3. The molecule has 2 bridgehead atoms. The number of aliphatic hydroxyl groups is 1. The van der Waals surface area contributed by atoms with E-state index < -0.39 is 11.6 Å². The molecule has 0 radical (unpaired) electrons. The van der Waals surface area contributed by atoms with Crippen LogP contribution < -0.4 is 0 Å². The lowest BCUT2D eigenvalue weighted by molar-refractivity contribution is -0.174. The third kappa shape index (κ3) is 1.76. The van der Waals surface area contributed by atoms with Gasteiger partial charge in [-0.25, -0.2) is 4.79 Å². The summed E-state index contributed by atoms with van der Waals surface area (Å²) in [5.41, 5.74) is -0.932. The molecule has 0 saturated heterocycles. The molecular formula is C11H18O4. The van der Waals surface area contributed by atoms with Crippen molar-refractivity contribution in [2.75, 3.05) is 13.2 Å². The van der Waals surface area contributed by atoms with Crippen molar-refractivity contribution < 1.29 is 19.7 Å². The third-order valence-electron chi connectivity index (χ3n) is 3.82. The average Bonchev–Trinajstić information content (AvgIpc) is 2.78. The van der Waals surface area contributed by atoms with E-state index in [0.717, 1.165) is 19.3 Å². The van der Waals surface area contributed by atoms with Crippen molar-refractivity contribution in [2.24, 2.45) is 11.8 Å². The summed E-state index contributed by atoms with van der Waals surface area (Å²) in [4.78, 5) is 11.3. The minimum absolute atomic E-state index is 0.0593. The van der Waals surface area contributed by atoms with E-state index in [1.807, 2.05) is 0 Å². The predicted octanol–water partition coefficient (Wildman–Crippen LogP) is 1.03. The highest BCUT2D eigenvalue weighted by atomic mass is 16.5. The second kappa shape index (κ2) is 4.10. The normalized spacial score (nSPS) is 38.5. The zero-order valence-corrected chi connectivity index (χ0v) is 8.82. The lowest BCUT2D eigenvalue weighted by atomic mass is 9.84. The highest BCUT2D eigenvalue weighted by Crippen LogP contribution is 2.52. The highest BCUT2D eigenvalue weighted by Gasteiger charge is 2.56. The van der Waals surface area contributed by atoms with Gasteiger partial charge in [0.15, 0.2) is 5.60 Å². The minimum Gasteiger partial charge on any atom is -0.479 e. The van der Waals surface area contributed by atoms with Crippen LogP contribution in [0, 0.1) is 11.8 Å². The number of carboxylic acids is 1. The van der Waals surface area contributed by atoms with E-state index in [2.05, 4.69) is 0 Å². The molecule has 0 spiro atoms. The molecule has 0 amide bonds. The Balaban J connectivity index is 2.02. The minimum atomic E-state index is -0.932. The summed E-state index contributed by atoms with van der Waals surface area (Å²) in [6.07, 6.45) is 4.33. The first-order valence-corrected chi connectivity index (χ1v) is 5.67. The van der Waals surface area contributed by atoms with Crippen molar-refractivity contribution >= 4 is 5.97 Å². The summed E-state index contributed by atoms with van der Waals surface area (Å²) in [5, 5.41) is 18.0. The second-order valence-electron chi connectivity index (χ2n) is 4.70. The van der Waals surface area contributed by atoms with Gasteiger partial charge in [0, 0.05) is 6.61 Å². The van der Waals surface area contributed by atoms with Gasteiger partial charge in [0.1, 0.15) is 0 Å². The van der Waals surface area contributed by atoms with Crippen LogP contribution in [-0.4, -0.2) is 35.0 Å². The molecule has 3 atom stereocenters. The first-order chi connectivity index (χ1) is 7.19. The zero-order valence-electron chi connectivity index (χ0n) is 8.82. The monoisotopic (exact) mass is 214 g/mol. The first-order valence-electron chi connectivity index (χ1n) is 5.67. The van der Waals surface area contributed by atoms with Gasteiger partial charge in [-0.1, -0.05) is 0 Å². The maximum atomic E-state index is 11.3. The molecule has 0 aliphatic heterocycles. The second-order valence-corrected chi connectivity index (χ2v) is 4.70. The van der Waals surface area contributed by atoms with Crippen molar-refractivity contribution in [3.8, 4) is 0 Å². The molecule has 2 rings (SSSR count). The van der Waals surface area contributed by atoms with Gasteiger partial charge in [-0.3, -0.25) is 0 Å². The van der Waals surface area contributed by atoms with Crippen molar-refractivity contribution in [1.29, 1.82) is 0 Å². The molecule has 2 fully saturated rings. The molecular weight excluding hydrogens is 196 g/mol. The SMILES string of the molecule is O=C(O)C1(OCCCO)CC2CCC1C2. The fourth-order valence-corrected chi connectivity index (χ4v) is 3.10. The Morgan fingerprint density at radius 1 is 1.47 bits per heavy atom. The average molecular weight is 214 g/mol. The summed E-state index contributed by atoms with van der Waals surface area (Å²) in [5.74, 6) is -0.0773. The van der Waals surface area contributed by atoms with Crippen molar-refractivity contribution in [3.63, 3.8) is 0 Å². The number of aliphatic hydroxyl groups excluding tert-OH is 1. The molecule has 0 aromatic heterocycles. The molecule has 0 heterocycles. The van der Waals surface area contributed by atoms with Gasteiger partial charge in [0.25, 0.3) is 0 Å². The molecule has 0 aromatic carbocycles. The Morgan fingerprint density at radius 2 is 2.27 bits per heavy atom. The molecule has 2 saturated carbocycles. The van der Waals surface area contributed by atoms with E-state index >= 15 is 0 Å². The van der Waals surface area contributed by atoms with E-state index in [1.54, 1.807) is 0 Å². The van der Waals surface area contributed by atoms with Crippen LogP contribution in [0.2, 0.25) is 0 Å². The highest BCUT2D eigenvalue weighted by molar-refractivity contribution is 5.78. The summed E-state index contributed by atoms with van der Waals surface area (Å²) < 4.78 is 5.57. The van der Waals surface area contributed by atoms with E-state index in [4.69, 9.17) is 9.84 Å². The number of carboxylic acid groups (broad SMARTS) is 1. The van der Waals surface area contributed by atoms with Crippen LogP contribution in [0.5, 0.6) is 0 Å². The van der Waals surface area contributed by atoms with E-state index in [1.165, 1.54) is 0 Å². The van der Waals surface area contributed by atoms with Crippen LogP contribution in [0.1, 0.15) is 32.1 Å². The fraction of sp³-hybridized carbons (Fsp3) is 0.909. The molecule has 2 aliphatic rings. The number of carbonyl (C=O) groups is 1. The Bertz CT molecular complexity index is 253. The number of aliphatic carboxylic acids is 1. The van der Waals surface area contributed by atoms with Crippen LogP contribution in [0.4, 0.5) is 0 Å². The Kier molecular flexibility index (Phi) is 2.98. The van der Waals surface area contributed by atoms with Crippen LogP contribution in [0.15, 0.2) is 0 Å². The summed E-state index contributed by atoms with van der Waals surface area (Å²) >= 11 is 0. The molecule has 0 aromatic rings. The summed E-state index contributed by atoms with van der Waals surface area (Å²) in [6.45, 7) is 0.413. The largest absolute Gasteiger partial charge is 0.479 e. The number of hydrogen-bond donors (Lipinski definition) is 2. The third-order valence-corrected chi connectivity index (χ3v) is 3.82. The van der Waals surface area contributed by atoms with Gasteiger partial charge in [0.2, 0.25) is 0 Å². The molecule has 2 N–H and O–H groups in total. The van der Waals surface area contributed by atoms with Crippen LogP contribution in [-0.2, 0) is 9.53 Å². The zero-order chi connectivity index (χ0) is 10.9. The molecule has 15 heavy (non-hydrogen) atoms. The molecule has 86 valence electrons. The van der Waals surface area contributed by atoms with Gasteiger partial charge in [-0.2, -0.15) is 0 Å². The van der Waals surface area contributed by atoms with Crippen LogP contribution >= 0.6 is 0 Å². The van der Waals surface area contributed by atoms with Gasteiger partial charge in [0.05, 0.1) is 6.61 Å². The number of fused-ring (bicyclic) bond motifs is 2. The summed E-state index contributed by atoms with van der Waals surface area (Å²) in [7, 11) is 0. The van der Waals surface area contributed by atoms with Gasteiger partial charge in [-0.05, 0) is 43.9 Å². The van der Waals surface area contributed by atoms with Crippen molar-refractivity contribution in [2.45, 2.75) is 37.7 Å². The number of ether oxygens (including phenoxy) is 1. The Morgan fingerprint density at radius 3 is 2.73 bits per heavy atom. The van der Waals surface area contributed by atoms with Crippen molar-refractivity contribution in [1.82, 2.24) is 0 Å². The van der Waals surface area contributed by atoms with Crippen LogP contribution in [0.3, 0.4) is 0 Å². The van der Waals surface area contributed by atoms with Gasteiger partial charge >= 0.3 is 5.97 Å². The quantitative estimate of drug-likeness (QED) is 0.671. The van der Waals surface area contributed by atoms with E-state index in [9.17, 15) is 9.90 Å². The molecule has 3 unspecified atom stereocenters. The lowest BCUT2D eigenvalue weighted by Crippen LogP contribution is -2.46. The first kappa shape index (κ1) is 10.9. The Labute approximate surface area is 89.2 Å². The molecule has 4 nitrogen and oxygen atoms in total. The summed E-state index contributed by atoms with van der Waals surface area (Å²) in [6, 6.07) is 0. The standard InChI is InChI=1S/C11H18O4/c12-4-1-5-15-11(10(13)14)7-8-2-3-9(11)6-8/h8-9,12H,1-7H2,(H,13,14). The maximum Gasteiger partial charge on any atom is 0.336 e. The smallest absolute Gasteiger partial charge is 0.336 e.